The van der Waals surface area contributed by atoms with Crippen molar-refractivity contribution < 1.29 is 0 Å². The van der Waals surface area contributed by atoms with Gasteiger partial charge in [0, 0.05) is 25.5 Å². The fourth-order valence-electron chi connectivity index (χ4n) is 2.91. The maximum Gasteiger partial charge on any atom is 0.0883 e. The second-order valence-corrected chi connectivity index (χ2v) is 5.99. The lowest BCUT2D eigenvalue weighted by Crippen LogP contribution is -2.36. The number of halogens is 1. The predicted octanol–water partition coefficient (Wildman–Crippen LogP) is 1.63. The van der Waals surface area contributed by atoms with Crippen LogP contribution < -0.4 is 4.90 Å². The number of aromatic nitrogens is 4. The summed E-state index contributed by atoms with van der Waals surface area (Å²) in [4.78, 5) is 8.77. The minimum Gasteiger partial charge on any atom is -0.366 e. The first-order chi connectivity index (χ1) is 10.1. The summed E-state index contributed by atoms with van der Waals surface area (Å²) in [5, 5.41) is 8.83. The van der Waals surface area contributed by atoms with Gasteiger partial charge in [-0.25, -0.2) is 4.68 Å². The summed E-state index contributed by atoms with van der Waals surface area (Å²) in [6, 6.07) is 2.59. The van der Waals surface area contributed by atoms with Crippen LogP contribution >= 0.6 is 11.6 Å². The fraction of sp³-hybridized carbons (Fsp3) is 0.500. The van der Waals surface area contributed by atoms with Gasteiger partial charge in [-0.3, -0.25) is 4.98 Å². The van der Waals surface area contributed by atoms with Crippen LogP contribution in [0, 0.1) is 6.92 Å². The monoisotopic (exact) mass is 306 g/mol. The second-order valence-electron chi connectivity index (χ2n) is 5.62. The van der Waals surface area contributed by atoms with Crippen LogP contribution in [0.25, 0.3) is 0 Å². The Morgan fingerprint density at radius 3 is 2.76 bits per heavy atom. The molecule has 1 aliphatic rings. The SMILES string of the molecule is Cc1nccc(N2C[C@@H](N(C)C)[C@@H](n3ccnn3)C2)c1Cl. The van der Waals surface area contributed by atoms with Crippen molar-refractivity contribution >= 4 is 17.3 Å². The molecule has 3 rings (SSSR count). The van der Waals surface area contributed by atoms with Gasteiger partial charge >= 0.3 is 0 Å². The Kier molecular flexibility index (Phi) is 3.82. The molecule has 0 N–H and O–H groups in total. The Hall–Kier alpha value is -1.66. The van der Waals surface area contributed by atoms with Gasteiger partial charge in [0.25, 0.3) is 0 Å². The molecule has 0 unspecified atom stereocenters. The Labute approximate surface area is 129 Å². The smallest absolute Gasteiger partial charge is 0.0883 e. The van der Waals surface area contributed by atoms with Crippen LogP contribution in [0.4, 0.5) is 5.69 Å². The average Bonchev–Trinajstić information content (AvgIpc) is 3.09. The zero-order valence-corrected chi connectivity index (χ0v) is 13.2. The van der Waals surface area contributed by atoms with E-state index in [0.717, 1.165) is 29.5 Å². The van der Waals surface area contributed by atoms with Crippen LogP contribution in [0.2, 0.25) is 5.02 Å². The van der Waals surface area contributed by atoms with Crippen LogP contribution in [-0.2, 0) is 0 Å². The van der Waals surface area contributed by atoms with Crippen molar-refractivity contribution in [2.24, 2.45) is 0 Å². The van der Waals surface area contributed by atoms with E-state index >= 15 is 0 Å². The highest BCUT2D eigenvalue weighted by atomic mass is 35.5. The van der Waals surface area contributed by atoms with E-state index in [4.69, 9.17) is 11.6 Å². The number of hydrogen-bond acceptors (Lipinski definition) is 5. The van der Waals surface area contributed by atoms with E-state index in [1.165, 1.54) is 0 Å². The number of likely N-dealkylation sites (N-methyl/N-ethyl adjacent to an activating group) is 1. The normalized spacial score (nSPS) is 22.2. The summed E-state index contributed by atoms with van der Waals surface area (Å²) in [6.45, 7) is 3.69. The summed E-state index contributed by atoms with van der Waals surface area (Å²) in [7, 11) is 4.19. The van der Waals surface area contributed by atoms with Crippen LogP contribution in [0.15, 0.2) is 24.7 Å². The van der Waals surface area contributed by atoms with Crippen molar-refractivity contribution in [3.05, 3.63) is 35.4 Å². The van der Waals surface area contributed by atoms with Gasteiger partial charge in [-0.2, -0.15) is 0 Å². The molecule has 0 aliphatic carbocycles. The van der Waals surface area contributed by atoms with Gasteiger partial charge in [0.1, 0.15) is 0 Å². The van der Waals surface area contributed by atoms with Gasteiger partial charge in [0.05, 0.1) is 34.7 Å². The molecular formula is C14H19ClN6. The summed E-state index contributed by atoms with van der Waals surface area (Å²) in [6.07, 6.45) is 5.45. The van der Waals surface area contributed by atoms with Gasteiger partial charge < -0.3 is 9.80 Å². The van der Waals surface area contributed by atoms with Crippen molar-refractivity contribution in [1.82, 2.24) is 24.9 Å². The molecule has 112 valence electrons. The van der Waals surface area contributed by atoms with Gasteiger partial charge in [-0.05, 0) is 27.1 Å². The third-order valence-corrected chi connectivity index (χ3v) is 4.55. The Morgan fingerprint density at radius 1 is 1.29 bits per heavy atom. The minimum absolute atomic E-state index is 0.257. The fourth-order valence-corrected chi connectivity index (χ4v) is 3.14. The molecular weight excluding hydrogens is 288 g/mol. The second kappa shape index (κ2) is 5.61. The minimum atomic E-state index is 0.257. The Bertz CT molecular complexity index is 612. The molecule has 6 nitrogen and oxygen atoms in total. The van der Waals surface area contributed by atoms with Gasteiger partial charge in [0.2, 0.25) is 0 Å². The number of hydrogen-bond donors (Lipinski definition) is 0. The number of aryl methyl sites for hydroxylation is 1. The Morgan fingerprint density at radius 2 is 2.10 bits per heavy atom. The van der Waals surface area contributed by atoms with Gasteiger partial charge in [-0.1, -0.05) is 16.8 Å². The number of anilines is 1. The van der Waals surface area contributed by atoms with E-state index in [9.17, 15) is 0 Å². The quantitative estimate of drug-likeness (QED) is 0.862. The lowest BCUT2D eigenvalue weighted by Gasteiger charge is -2.24. The van der Waals surface area contributed by atoms with Crippen molar-refractivity contribution in [2.45, 2.75) is 19.0 Å². The lowest BCUT2D eigenvalue weighted by atomic mass is 10.1. The first-order valence-electron chi connectivity index (χ1n) is 6.96. The number of rotatable bonds is 3. The molecule has 21 heavy (non-hydrogen) atoms. The third kappa shape index (κ3) is 2.61. The summed E-state index contributed by atoms with van der Waals surface area (Å²) in [5.74, 6) is 0. The van der Waals surface area contributed by atoms with Crippen molar-refractivity contribution in [2.75, 3.05) is 32.1 Å². The van der Waals surface area contributed by atoms with E-state index in [1.807, 2.05) is 30.1 Å². The molecule has 0 saturated carbocycles. The highest BCUT2D eigenvalue weighted by molar-refractivity contribution is 6.33. The zero-order chi connectivity index (χ0) is 15.0. The summed E-state index contributed by atoms with van der Waals surface area (Å²) < 4.78 is 1.94. The van der Waals surface area contributed by atoms with E-state index in [-0.39, 0.29) is 6.04 Å². The molecule has 2 aromatic rings. The maximum atomic E-state index is 6.42. The van der Waals surface area contributed by atoms with Gasteiger partial charge in [0.15, 0.2) is 0 Å². The van der Waals surface area contributed by atoms with Crippen LogP contribution in [0.1, 0.15) is 11.7 Å². The predicted molar refractivity (Wildman–Crippen MR) is 82.7 cm³/mol. The molecule has 2 atom stereocenters. The standard InChI is InChI=1S/C14H19ClN6/c1-10-14(15)11(4-5-16-10)20-8-12(19(2)3)13(9-20)21-7-6-17-18-21/h4-7,12-13H,8-9H2,1-3H3/t12-,13+/m1/s1. The number of pyridine rings is 1. The molecule has 0 radical (unpaired) electrons. The zero-order valence-electron chi connectivity index (χ0n) is 12.4. The maximum absolute atomic E-state index is 6.42. The van der Waals surface area contributed by atoms with E-state index < -0.39 is 0 Å². The van der Waals surface area contributed by atoms with Crippen LogP contribution in [0.3, 0.4) is 0 Å². The van der Waals surface area contributed by atoms with E-state index in [1.54, 1.807) is 6.20 Å². The summed E-state index contributed by atoms with van der Waals surface area (Å²) >= 11 is 6.42. The van der Waals surface area contributed by atoms with Crippen molar-refractivity contribution in [3.8, 4) is 0 Å². The third-order valence-electron chi connectivity index (χ3n) is 4.09. The van der Waals surface area contributed by atoms with E-state index in [2.05, 4.69) is 39.2 Å². The number of nitrogens with zero attached hydrogens (tertiary/aromatic N) is 6. The molecule has 1 saturated heterocycles. The molecule has 7 heteroatoms. The molecule has 0 aromatic carbocycles. The molecule has 0 bridgehead atoms. The molecule has 2 aromatic heterocycles. The molecule has 0 amide bonds. The highest BCUT2D eigenvalue weighted by Gasteiger charge is 2.36. The van der Waals surface area contributed by atoms with E-state index in [0.29, 0.717) is 6.04 Å². The molecule has 1 aliphatic heterocycles. The first kappa shape index (κ1) is 14.3. The topological polar surface area (TPSA) is 50.1 Å². The molecule has 1 fully saturated rings. The highest BCUT2D eigenvalue weighted by Crippen LogP contribution is 2.34. The lowest BCUT2D eigenvalue weighted by molar-refractivity contribution is 0.243. The molecule has 3 heterocycles. The summed E-state index contributed by atoms with van der Waals surface area (Å²) in [5.41, 5.74) is 1.90. The van der Waals surface area contributed by atoms with Crippen LogP contribution in [-0.4, -0.2) is 58.1 Å². The largest absolute Gasteiger partial charge is 0.366 e. The first-order valence-corrected chi connectivity index (χ1v) is 7.34. The van der Waals surface area contributed by atoms with Crippen molar-refractivity contribution in [1.29, 1.82) is 0 Å². The van der Waals surface area contributed by atoms with Crippen molar-refractivity contribution in [3.63, 3.8) is 0 Å². The van der Waals surface area contributed by atoms with Crippen LogP contribution in [0.5, 0.6) is 0 Å². The van der Waals surface area contributed by atoms with Gasteiger partial charge in [-0.15, -0.1) is 5.10 Å². The average molecular weight is 307 g/mol. The Balaban J connectivity index is 1.91. The molecule has 0 spiro atoms.